The number of carboxylic acid groups (broad SMARTS) is 1. The van der Waals surface area contributed by atoms with Gasteiger partial charge in [0.25, 0.3) is 5.91 Å². The molecule has 23 heavy (non-hydrogen) atoms. The zero-order chi connectivity index (χ0) is 16.4. The molecule has 0 saturated carbocycles. The van der Waals surface area contributed by atoms with Crippen LogP contribution in [0.3, 0.4) is 0 Å². The first-order chi connectivity index (χ1) is 11.1. The molecule has 3 rings (SSSR count). The quantitative estimate of drug-likeness (QED) is 0.904. The number of hydrogen-bond donors (Lipinski definition) is 2. The number of anilines is 1. The number of amides is 1. The normalized spacial score (nSPS) is 13.4. The Balaban J connectivity index is 1.80. The van der Waals surface area contributed by atoms with Gasteiger partial charge in [-0.15, -0.1) is 0 Å². The molecular formula is C17H18N2O4. The monoisotopic (exact) mass is 314 g/mol. The van der Waals surface area contributed by atoms with E-state index in [1.807, 2.05) is 6.07 Å². The summed E-state index contributed by atoms with van der Waals surface area (Å²) in [6, 6.07) is 3.20. The number of carboxylic acids is 1. The number of aromatic carboxylic acids is 1. The van der Waals surface area contributed by atoms with E-state index in [1.54, 1.807) is 13.1 Å². The predicted octanol–water partition coefficient (Wildman–Crippen LogP) is 3.07. The Hall–Kier alpha value is -2.63. The number of aromatic nitrogens is 1. The number of aryl methyl sites for hydroxylation is 3. The number of carbonyl (C=O) groups is 2. The number of nitrogens with one attached hydrogen (secondary N) is 1. The summed E-state index contributed by atoms with van der Waals surface area (Å²) in [6.07, 6.45) is 6.26. The summed E-state index contributed by atoms with van der Waals surface area (Å²) in [6.45, 7) is 1.78. The Bertz CT molecular complexity index is 764. The van der Waals surface area contributed by atoms with Crippen LogP contribution in [0.4, 0.5) is 5.69 Å². The van der Waals surface area contributed by atoms with E-state index in [-0.39, 0.29) is 11.3 Å². The molecule has 0 aliphatic heterocycles. The molecule has 0 atom stereocenters. The van der Waals surface area contributed by atoms with Crippen LogP contribution in [0.5, 0.6) is 0 Å². The van der Waals surface area contributed by atoms with Gasteiger partial charge in [0.2, 0.25) is 0 Å². The van der Waals surface area contributed by atoms with Gasteiger partial charge in [0.05, 0.1) is 11.9 Å². The van der Waals surface area contributed by atoms with Gasteiger partial charge in [-0.1, -0.05) is 6.92 Å². The number of carbonyl (C=O) groups excluding carboxylic acids is 1. The molecule has 1 amide bonds. The van der Waals surface area contributed by atoms with Crippen molar-refractivity contribution in [2.75, 3.05) is 5.32 Å². The van der Waals surface area contributed by atoms with Crippen LogP contribution < -0.4 is 5.32 Å². The topological polar surface area (TPSA) is 92.4 Å². The molecule has 0 saturated heterocycles. The van der Waals surface area contributed by atoms with Gasteiger partial charge in [-0.25, -0.2) is 4.79 Å². The number of pyridine rings is 1. The third kappa shape index (κ3) is 3.11. The highest BCUT2D eigenvalue weighted by Crippen LogP contribution is 2.23. The van der Waals surface area contributed by atoms with Crippen molar-refractivity contribution < 1.29 is 19.1 Å². The first kappa shape index (κ1) is 15.3. The number of furan rings is 1. The van der Waals surface area contributed by atoms with Crippen molar-refractivity contribution in [2.24, 2.45) is 0 Å². The molecule has 120 valence electrons. The number of rotatable bonds is 4. The van der Waals surface area contributed by atoms with Gasteiger partial charge in [0, 0.05) is 18.2 Å². The fourth-order valence-corrected chi connectivity index (χ4v) is 2.83. The first-order valence-electron chi connectivity index (χ1n) is 7.73. The molecule has 2 heterocycles. The fraction of sp³-hybridized carbons (Fsp3) is 0.353. The minimum absolute atomic E-state index is 0.00280. The van der Waals surface area contributed by atoms with Crippen LogP contribution in [0.1, 0.15) is 57.7 Å². The molecule has 0 unspecified atom stereocenters. The number of hydrogen-bond acceptors (Lipinski definition) is 4. The molecule has 2 aromatic rings. The van der Waals surface area contributed by atoms with Gasteiger partial charge in [-0.2, -0.15) is 0 Å². The van der Waals surface area contributed by atoms with Gasteiger partial charge in [0.1, 0.15) is 11.3 Å². The lowest BCUT2D eigenvalue weighted by Gasteiger charge is -2.15. The minimum atomic E-state index is -1.10. The van der Waals surface area contributed by atoms with E-state index < -0.39 is 11.9 Å². The average Bonchev–Trinajstić information content (AvgIpc) is 2.99. The molecule has 0 spiro atoms. The third-order valence-electron chi connectivity index (χ3n) is 4.01. The fourth-order valence-electron chi connectivity index (χ4n) is 2.83. The van der Waals surface area contributed by atoms with Gasteiger partial charge < -0.3 is 14.8 Å². The van der Waals surface area contributed by atoms with Crippen molar-refractivity contribution >= 4 is 17.6 Å². The molecule has 1 aliphatic rings. The lowest BCUT2D eigenvalue weighted by Crippen LogP contribution is -2.13. The van der Waals surface area contributed by atoms with Gasteiger partial charge in [-0.3, -0.25) is 9.78 Å². The Kier molecular flexibility index (Phi) is 4.14. The summed E-state index contributed by atoms with van der Waals surface area (Å²) in [5.74, 6) is -1.27. The largest absolute Gasteiger partial charge is 0.478 e. The molecule has 0 fully saturated rings. The van der Waals surface area contributed by atoms with Crippen LogP contribution in [-0.2, 0) is 19.3 Å². The van der Waals surface area contributed by atoms with Crippen molar-refractivity contribution in [1.29, 1.82) is 0 Å². The van der Waals surface area contributed by atoms with Crippen LogP contribution in [0.2, 0.25) is 0 Å². The zero-order valence-corrected chi connectivity index (χ0v) is 12.9. The second-order valence-corrected chi connectivity index (χ2v) is 5.60. The lowest BCUT2D eigenvalue weighted by molar-refractivity contribution is 0.0694. The van der Waals surface area contributed by atoms with Crippen LogP contribution in [0.25, 0.3) is 0 Å². The summed E-state index contributed by atoms with van der Waals surface area (Å²) >= 11 is 0. The first-order valence-corrected chi connectivity index (χ1v) is 7.73. The number of nitrogens with zero attached hydrogens (tertiary/aromatic N) is 1. The highest BCUT2D eigenvalue weighted by Gasteiger charge is 2.20. The van der Waals surface area contributed by atoms with Crippen molar-refractivity contribution in [2.45, 2.75) is 39.0 Å². The summed E-state index contributed by atoms with van der Waals surface area (Å²) in [5, 5.41) is 11.8. The van der Waals surface area contributed by atoms with Crippen LogP contribution in [-0.4, -0.2) is 22.0 Å². The highest BCUT2D eigenvalue weighted by molar-refractivity contribution is 6.04. The van der Waals surface area contributed by atoms with Crippen molar-refractivity contribution in [3.05, 3.63) is 46.7 Å². The summed E-state index contributed by atoms with van der Waals surface area (Å²) in [5.41, 5.74) is 2.88. The van der Waals surface area contributed by atoms with Crippen molar-refractivity contribution in [3.63, 3.8) is 0 Å². The van der Waals surface area contributed by atoms with Gasteiger partial charge in [-0.05, 0) is 37.3 Å². The molecule has 2 N–H and O–H groups in total. The molecule has 2 aromatic heterocycles. The maximum atomic E-state index is 12.3. The van der Waals surface area contributed by atoms with E-state index in [4.69, 9.17) is 9.52 Å². The molecule has 0 radical (unpaired) electrons. The lowest BCUT2D eigenvalue weighted by atomic mass is 9.96. The summed E-state index contributed by atoms with van der Waals surface area (Å²) in [7, 11) is 0. The Labute approximate surface area is 133 Å². The molecule has 1 aliphatic carbocycles. The molecule has 6 nitrogen and oxygen atoms in total. The predicted molar refractivity (Wildman–Crippen MR) is 83.9 cm³/mol. The van der Waals surface area contributed by atoms with Gasteiger partial charge in [0.15, 0.2) is 5.76 Å². The second-order valence-electron chi connectivity index (χ2n) is 5.60. The Morgan fingerprint density at radius 1 is 1.30 bits per heavy atom. The minimum Gasteiger partial charge on any atom is -0.478 e. The second kappa shape index (κ2) is 6.24. The van der Waals surface area contributed by atoms with E-state index in [2.05, 4.69) is 10.3 Å². The van der Waals surface area contributed by atoms with Crippen LogP contribution in [0.15, 0.2) is 22.7 Å². The zero-order valence-electron chi connectivity index (χ0n) is 12.9. The SMILES string of the molecule is CCc1oc(C(=O)Nc2cnc3c(c2)CCCC3)cc1C(=O)O. The third-order valence-corrected chi connectivity index (χ3v) is 4.01. The molecule has 0 bridgehead atoms. The van der Waals surface area contributed by atoms with Crippen molar-refractivity contribution in [1.82, 2.24) is 4.98 Å². The van der Waals surface area contributed by atoms with E-state index in [1.165, 1.54) is 6.07 Å². The van der Waals surface area contributed by atoms with E-state index in [9.17, 15) is 9.59 Å². The number of fused-ring (bicyclic) bond motifs is 1. The average molecular weight is 314 g/mol. The maximum absolute atomic E-state index is 12.3. The summed E-state index contributed by atoms with van der Waals surface area (Å²) < 4.78 is 5.36. The summed E-state index contributed by atoms with van der Waals surface area (Å²) in [4.78, 5) is 27.8. The Morgan fingerprint density at radius 2 is 2.09 bits per heavy atom. The smallest absolute Gasteiger partial charge is 0.339 e. The van der Waals surface area contributed by atoms with Gasteiger partial charge >= 0.3 is 5.97 Å². The van der Waals surface area contributed by atoms with Crippen LogP contribution in [0, 0.1) is 0 Å². The van der Waals surface area contributed by atoms with E-state index in [0.29, 0.717) is 17.9 Å². The van der Waals surface area contributed by atoms with E-state index in [0.717, 1.165) is 36.9 Å². The van der Waals surface area contributed by atoms with E-state index >= 15 is 0 Å². The standard InChI is InChI=1S/C17H18N2O4/c1-2-14-12(17(21)22)8-15(23-14)16(20)19-11-7-10-5-3-4-6-13(10)18-9-11/h7-9H,2-6H2,1H3,(H,19,20)(H,21,22). The highest BCUT2D eigenvalue weighted by atomic mass is 16.4. The molecule has 6 heteroatoms. The van der Waals surface area contributed by atoms with Crippen molar-refractivity contribution in [3.8, 4) is 0 Å². The molecular weight excluding hydrogens is 296 g/mol. The van der Waals surface area contributed by atoms with Crippen LogP contribution >= 0.6 is 0 Å². The maximum Gasteiger partial charge on any atom is 0.339 e. The Morgan fingerprint density at radius 3 is 2.78 bits per heavy atom. The molecule has 0 aromatic carbocycles.